The van der Waals surface area contributed by atoms with Crippen LogP contribution in [0.3, 0.4) is 0 Å². The van der Waals surface area contributed by atoms with Crippen molar-refractivity contribution in [2.75, 3.05) is 26.2 Å². The molecule has 6 heteroatoms. The van der Waals surface area contributed by atoms with Gasteiger partial charge in [0.2, 0.25) is 0 Å². The average molecular weight is 296 g/mol. The summed E-state index contributed by atoms with van der Waals surface area (Å²) in [6.07, 6.45) is -1.70. The van der Waals surface area contributed by atoms with Crippen molar-refractivity contribution < 1.29 is 17.9 Å². The molecule has 0 bridgehead atoms. The smallest absolute Gasteiger partial charge is 0.308 e. The van der Waals surface area contributed by atoms with E-state index in [0.29, 0.717) is 6.54 Å². The Kier molecular flexibility index (Phi) is 5.87. The van der Waals surface area contributed by atoms with E-state index >= 15 is 0 Å². The highest BCUT2D eigenvalue weighted by Gasteiger charge is 2.42. The Labute approximate surface area is 119 Å². The highest BCUT2D eigenvalue weighted by molar-refractivity contribution is 5.02. The van der Waals surface area contributed by atoms with Crippen LogP contribution in [0.1, 0.15) is 47.0 Å². The number of hydrogen-bond donors (Lipinski definition) is 1. The molecule has 0 aliphatic carbocycles. The van der Waals surface area contributed by atoms with Gasteiger partial charge in [-0.2, -0.15) is 0 Å². The summed E-state index contributed by atoms with van der Waals surface area (Å²) >= 11 is 0. The molecule has 0 aromatic carbocycles. The topological polar surface area (TPSA) is 24.5 Å². The Balaban J connectivity index is 2.69. The van der Waals surface area contributed by atoms with Gasteiger partial charge in [-0.3, -0.25) is 9.64 Å². The maximum Gasteiger partial charge on any atom is 0.522 e. The van der Waals surface area contributed by atoms with E-state index in [1.807, 2.05) is 0 Å². The first-order chi connectivity index (χ1) is 9.20. The van der Waals surface area contributed by atoms with Crippen molar-refractivity contribution in [1.82, 2.24) is 10.2 Å². The second kappa shape index (κ2) is 6.62. The predicted molar refractivity (Wildman–Crippen MR) is 73.6 cm³/mol. The molecule has 0 aromatic heterocycles. The summed E-state index contributed by atoms with van der Waals surface area (Å²) in [6.45, 7) is 10.00. The summed E-state index contributed by atoms with van der Waals surface area (Å²) in [5.74, 6) is 0. The van der Waals surface area contributed by atoms with E-state index in [1.165, 1.54) is 0 Å². The highest BCUT2D eigenvalue weighted by Crippen LogP contribution is 2.30. The SMILES string of the molecule is CCC1(CC)CN(CCOC(F)(F)F)C(C)(CC)CN1. The van der Waals surface area contributed by atoms with Gasteiger partial charge < -0.3 is 5.32 Å². The van der Waals surface area contributed by atoms with Crippen molar-refractivity contribution in [3.63, 3.8) is 0 Å². The van der Waals surface area contributed by atoms with Gasteiger partial charge in [0.05, 0.1) is 6.61 Å². The fourth-order valence-corrected chi connectivity index (χ4v) is 2.79. The van der Waals surface area contributed by atoms with Crippen LogP contribution >= 0.6 is 0 Å². The van der Waals surface area contributed by atoms with Crippen molar-refractivity contribution in [3.05, 3.63) is 0 Å². The van der Waals surface area contributed by atoms with Crippen molar-refractivity contribution >= 4 is 0 Å². The van der Waals surface area contributed by atoms with Gasteiger partial charge >= 0.3 is 6.36 Å². The maximum absolute atomic E-state index is 12.1. The van der Waals surface area contributed by atoms with Gasteiger partial charge in [-0.05, 0) is 26.2 Å². The summed E-state index contributed by atoms with van der Waals surface area (Å²) < 4.78 is 40.3. The summed E-state index contributed by atoms with van der Waals surface area (Å²) in [6, 6.07) is 0. The van der Waals surface area contributed by atoms with Gasteiger partial charge in [0, 0.05) is 30.7 Å². The van der Waals surface area contributed by atoms with Crippen LogP contribution in [-0.4, -0.2) is 48.6 Å². The molecule has 1 unspecified atom stereocenters. The monoisotopic (exact) mass is 296 g/mol. The zero-order valence-corrected chi connectivity index (χ0v) is 12.9. The van der Waals surface area contributed by atoms with Crippen molar-refractivity contribution in [2.24, 2.45) is 0 Å². The molecule has 20 heavy (non-hydrogen) atoms. The number of alkyl halides is 3. The summed E-state index contributed by atoms with van der Waals surface area (Å²) in [5, 5.41) is 3.61. The molecule has 1 aliphatic heterocycles. The Hall–Kier alpha value is -0.330. The minimum atomic E-state index is -4.54. The lowest BCUT2D eigenvalue weighted by atomic mass is 9.83. The minimum Gasteiger partial charge on any atom is -0.308 e. The van der Waals surface area contributed by atoms with E-state index < -0.39 is 6.36 Å². The first-order valence-electron chi connectivity index (χ1n) is 7.41. The normalized spacial score (nSPS) is 27.8. The molecule has 0 radical (unpaired) electrons. The van der Waals surface area contributed by atoms with Crippen molar-refractivity contribution in [2.45, 2.75) is 64.4 Å². The molecule has 1 rings (SSSR count). The second-order valence-corrected chi connectivity index (χ2v) is 5.91. The van der Waals surface area contributed by atoms with Crippen molar-refractivity contribution in [1.29, 1.82) is 0 Å². The molecule has 1 heterocycles. The molecule has 120 valence electrons. The first kappa shape index (κ1) is 17.7. The predicted octanol–water partition coefficient (Wildman–Crippen LogP) is 3.16. The van der Waals surface area contributed by atoms with Gasteiger partial charge in [0.25, 0.3) is 0 Å². The summed E-state index contributed by atoms with van der Waals surface area (Å²) in [7, 11) is 0. The molecule has 1 atom stereocenters. The van der Waals surface area contributed by atoms with Crippen LogP contribution in [0.5, 0.6) is 0 Å². The third-order valence-electron chi connectivity index (χ3n) is 4.84. The molecule has 1 aliphatic rings. The third-order valence-corrected chi connectivity index (χ3v) is 4.84. The summed E-state index contributed by atoms with van der Waals surface area (Å²) in [5.41, 5.74) is -0.101. The number of piperazine rings is 1. The number of ether oxygens (including phenoxy) is 1. The van der Waals surface area contributed by atoms with Gasteiger partial charge in [0.15, 0.2) is 0 Å². The Morgan fingerprint density at radius 3 is 2.20 bits per heavy atom. The fraction of sp³-hybridized carbons (Fsp3) is 1.00. The largest absolute Gasteiger partial charge is 0.522 e. The Morgan fingerprint density at radius 1 is 1.15 bits per heavy atom. The van der Waals surface area contributed by atoms with Crippen LogP contribution in [0, 0.1) is 0 Å². The molecule has 0 spiro atoms. The molecule has 0 saturated carbocycles. The maximum atomic E-state index is 12.1. The van der Waals surface area contributed by atoms with E-state index in [0.717, 1.165) is 32.4 Å². The van der Waals surface area contributed by atoms with Gasteiger partial charge in [-0.25, -0.2) is 0 Å². The van der Waals surface area contributed by atoms with Crippen LogP contribution in [0.25, 0.3) is 0 Å². The molecular weight excluding hydrogens is 269 g/mol. The van der Waals surface area contributed by atoms with E-state index in [2.05, 4.69) is 42.6 Å². The Bertz CT molecular complexity index is 305. The lowest BCUT2D eigenvalue weighted by molar-refractivity contribution is -0.325. The van der Waals surface area contributed by atoms with Crippen LogP contribution in [0.2, 0.25) is 0 Å². The lowest BCUT2D eigenvalue weighted by Crippen LogP contribution is -2.69. The Morgan fingerprint density at radius 2 is 1.75 bits per heavy atom. The quantitative estimate of drug-likeness (QED) is 0.815. The summed E-state index contributed by atoms with van der Waals surface area (Å²) in [4.78, 5) is 2.15. The van der Waals surface area contributed by atoms with Gasteiger partial charge in [0.1, 0.15) is 0 Å². The molecule has 1 saturated heterocycles. The van der Waals surface area contributed by atoms with E-state index in [-0.39, 0.29) is 17.7 Å². The van der Waals surface area contributed by atoms with Crippen LogP contribution < -0.4 is 5.32 Å². The number of halogens is 3. The molecule has 0 amide bonds. The molecule has 0 aromatic rings. The van der Waals surface area contributed by atoms with E-state index in [1.54, 1.807) is 0 Å². The highest BCUT2D eigenvalue weighted by atomic mass is 19.4. The molecular formula is C14H27F3N2O. The zero-order chi connectivity index (χ0) is 15.4. The zero-order valence-electron chi connectivity index (χ0n) is 12.9. The molecule has 1 fully saturated rings. The molecule has 3 nitrogen and oxygen atoms in total. The minimum absolute atomic E-state index is 0.00686. The number of rotatable bonds is 6. The number of hydrogen-bond acceptors (Lipinski definition) is 3. The van der Waals surface area contributed by atoms with Gasteiger partial charge in [-0.15, -0.1) is 13.2 Å². The molecule has 1 N–H and O–H groups in total. The standard InChI is InChI=1S/C14H27F3N2O/c1-5-12(4)10-18-13(6-2,7-3)11-19(12)8-9-20-14(15,16)17/h18H,5-11H2,1-4H3. The van der Waals surface area contributed by atoms with Crippen LogP contribution in [0.4, 0.5) is 13.2 Å². The van der Waals surface area contributed by atoms with E-state index in [9.17, 15) is 13.2 Å². The van der Waals surface area contributed by atoms with Crippen LogP contribution in [0.15, 0.2) is 0 Å². The number of nitrogens with one attached hydrogen (secondary N) is 1. The lowest BCUT2D eigenvalue weighted by Gasteiger charge is -2.53. The van der Waals surface area contributed by atoms with E-state index in [4.69, 9.17) is 0 Å². The third kappa shape index (κ3) is 4.33. The van der Waals surface area contributed by atoms with Crippen molar-refractivity contribution in [3.8, 4) is 0 Å². The van der Waals surface area contributed by atoms with Gasteiger partial charge in [-0.1, -0.05) is 20.8 Å². The first-order valence-corrected chi connectivity index (χ1v) is 7.41. The van der Waals surface area contributed by atoms with Crippen LogP contribution in [-0.2, 0) is 4.74 Å². The fourth-order valence-electron chi connectivity index (χ4n) is 2.79. The number of nitrogens with zero attached hydrogens (tertiary/aromatic N) is 1. The average Bonchev–Trinajstić information content (AvgIpc) is 2.40. The second-order valence-electron chi connectivity index (χ2n) is 5.91.